The van der Waals surface area contributed by atoms with Crippen LogP contribution in [0.25, 0.3) is 0 Å². The van der Waals surface area contributed by atoms with Gasteiger partial charge in [0.25, 0.3) is 0 Å². The maximum Gasteiger partial charge on any atom is 0.244 e. The van der Waals surface area contributed by atoms with Gasteiger partial charge in [0.1, 0.15) is 11.5 Å². The van der Waals surface area contributed by atoms with Crippen LogP contribution in [0.1, 0.15) is 5.56 Å². The number of sulfone groups is 1. The summed E-state index contributed by atoms with van der Waals surface area (Å²) in [6, 6.07) is 8.99. The summed E-state index contributed by atoms with van der Waals surface area (Å²) in [7, 11) is -3.07. The molecule has 0 spiro atoms. The molecule has 0 bridgehead atoms. The van der Waals surface area contributed by atoms with Crippen molar-refractivity contribution in [1.29, 1.82) is 0 Å². The van der Waals surface area contributed by atoms with E-state index in [9.17, 15) is 16.8 Å². The molecule has 10 heteroatoms. The molecule has 0 amide bonds. The monoisotopic (exact) mass is 477 g/mol. The Morgan fingerprint density at radius 3 is 2.22 bits per heavy atom. The highest BCUT2D eigenvalue weighted by Gasteiger charge is 2.26. The van der Waals surface area contributed by atoms with E-state index in [4.69, 9.17) is 9.47 Å². The van der Waals surface area contributed by atoms with E-state index >= 15 is 0 Å². The lowest BCUT2D eigenvalue weighted by Crippen LogP contribution is -2.27. The fourth-order valence-corrected chi connectivity index (χ4v) is 5.20. The predicted octanol–water partition coefficient (Wildman–Crippen LogP) is 2.69. The molecule has 0 aliphatic heterocycles. The van der Waals surface area contributed by atoms with Gasteiger partial charge in [-0.2, -0.15) is 4.31 Å². The summed E-state index contributed by atoms with van der Waals surface area (Å²) in [6.45, 7) is 0.0328. The molecule has 0 saturated carbocycles. The molecule has 148 valence electrons. The van der Waals surface area contributed by atoms with Crippen molar-refractivity contribution >= 4 is 35.8 Å². The van der Waals surface area contributed by atoms with Crippen molar-refractivity contribution < 1.29 is 26.3 Å². The second kappa shape index (κ2) is 8.17. The van der Waals surface area contributed by atoms with Crippen LogP contribution in [0.3, 0.4) is 0 Å². The van der Waals surface area contributed by atoms with E-state index < -0.39 is 19.9 Å². The van der Waals surface area contributed by atoms with Crippen LogP contribution in [0.5, 0.6) is 11.5 Å². The Morgan fingerprint density at radius 2 is 1.67 bits per heavy atom. The zero-order valence-corrected chi connectivity index (χ0v) is 18.5. The lowest BCUT2D eigenvalue weighted by molar-refractivity contribution is 0.384. The Kier molecular flexibility index (Phi) is 6.56. The van der Waals surface area contributed by atoms with Crippen LogP contribution in [-0.2, 0) is 26.4 Å². The highest BCUT2D eigenvalue weighted by atomic mass is 79.9. The smallest absolute Gasteiger partial charge is 0.244 e. The SMILES string of the molecule is COc1ccc(CN(C)S(=O)(=O)c2cc(S(C)(=O)=O)ccc2Br)c(OC)c1. The molecule has 7 nitrogen and oxygen atoms in total. The standard InChI is InChI=1S/C17H20BrNO6S2/c1-19(11-12-5-6-13(24-2)9-16(12)25-3)27(22,23)17-10-14(26(4,20)21)7-8-15(17)18/h5-10H,11H2,1-4H3. The van der Waals surface area contributed by atoms with E-state index in [-0.39, 0.29) is 20.8 Å². The second-order valence-electron chi connectivity index (χ2n) is 5.80. The Hall–Kier alpha value is -1.62. The molecule has 0 fully saturated rings. The molecular formula is C17H20BrNO6S2. The number of hydrogen-bond acceptors (Lipinski definition) is 6. The number of halogens is 1. The first-order valence-electron chi connectivity index (χ1n) is 7.67. The van der Waals surface area contributed by atoms with Gasteiger partial charge in [0, 0.05) is 36.0 Å². The van der Waals surface area contributed by atoms with Crippen LogP contribution < -0.4 is 9.47 Å². The Morgan fingerprint density at radius 1 is 1.00 bits per heavy atom. The average Bonchev–Trinajstić information content (AvgIpc) is 2.61. The first-order chi connectivity index (χ1) is 12.5. The number of ether oxygens (including phenoxy) is 2. The maximum atomic E-state index is 13.0. The Balaban J connectivity index is 2.43. The minimum atomic E-state index is -3.96. The lowest BCUT2D eigenvalue weighted by atomic mass is 10.2. The summed E-state index contributed by atoms with van der Waals surface area (Å²) >= 11 is 3.19. The molecule has 0 aliphatic carbocycles. The Bertz CT molecular complexity index is 1050. The predicted molar refractivity (Wildman–Crippen MR) is 105 cm³/mol. The van der Waals surface area contributed by atoms with E-state index in [2.05, 4.69) is 15.9 Å². The Labute approximate surface area is 168 Å². The summed E-state index contributed by atoms with van der Waals surface area (Å²) in [5.41, 5.74) is 0.639. The third-order valence-electron chi connectivity index (χ3n) is 3.91. The zero-order chi connectivity index (χ0) is 20.4. The van der Waals surface area contributed by atoms with Crippen LogP contribution in [0.2, 0.25) is 0 Å². The highest BCUT2D eigenvalue weighted by molar-refractivity contribution is 9.10. The van der Waals surface area contributed by atoms with E-state index in [0.29, 0.717) is 17.1 Å². The van der Waals surface area contributed by atoms with Gasteiger partial charge in [0.05, 0.1) is 24.0 Å². The van der Waals surface area contributed by atoms with Crippen molar-refractivity contribution in [1.82, 2.24) is 4.31 Å². The summed E-state index contributed by atoms with van der Waals surface area (Å²) in [5.74, 6) is 1.07. The third kappa shape index (κ3) is 4.81. The van der Waals surface area contributed by atoms with Gasteiger partial charge in [-0.1, -0.05) is 6.07 Å². The molecule has 0 aliphatic rings. The molecule has 0 saturated heterocycles. The highest BCUT2D eigenvalue weighted by Crippen LogP contribution is 2.30. The van der Waals surface area contributed by atoms with Gasteiger partial charge in [0.15, 0.2) is 9.84 Å². The largest absolute Gasteiger partial charge is 0.497 e. The summed E-state index contributed by atoms with van der Waals surface area (Å²) in [6.07, 6.45) is 1.03. The van der Waals surface area contributed by atoms with Crippen molar-refractivity contribution in [3.63, 3.8) is 0 Å². The molecule has 27 heavy (non-hydrogen) atoms. The van der Waals surface area contributed by atoms with E-state index in [1.165, 1.54) is 33.4 Å². The second-order valence-corrected chi connectivity index (χ2v) is 10.7. The third-order valence-corrected chi connectivity index (χ3v) is 7.81. The number of methoxy groups -OCH3 is 2. The molecule has 0 radical (unpaired) electrons. The number of sulfonamides is 1. The first kappa shape index (κ1) is 21.7. The molecule has 0 unspecified atom stereocenters. The molecule has 2 aromatic rings. The van der Waals surface area contributed by atoms with Crippen LogP contribution in [0, 0.1) is 0 Å². The van der Waals surface area contributed by atoms with Crippen molar-refractivity contribution in [3.8, 4) is 11.5 Å². The summed E-state index contributed by atoms with van der Waals surface area (Å²) in [5, 5.41) is 0. The zero-order valence-electron chi connectivity index (χ0n) is 15.3. The van der Waals surface area contributed by atoms with E-state index in [1.807, 2.05) is 0 Å². The molecule has 2 rings (SSSR count). The fraction of sp³-hybridized carbons (Fsp3) is 0.294. The number of nitrogens with zero attached hydrogens (tertiary/aromatic N) is 1. The van der Waals surface area contributed by atoms with Crippen molar-refractivity contribution in [2.75, 3.05) is 27.5 Å². The average molecular weight is 478 g/mol. The summed E-state index contributed by atoms with van der Waals surface area (Å²) < 4.78 is 61.4. The molecule has 2 aromatic carbocycles. The molecule has 0 N–H and O–H groups in total. The number of rotatable bonds is 7. The van der Waals surface area contributed by atoms with Gasteiger partial charge in [-0.3, -0.25) is 0 Å². The molecule has 0 heterocycles. The van der Waals surface area contributed by atoms with Crippen molar-refractivity contribution in [2.45, 2.75) is 16.3 Å². The van der Waals surface area contributed by atoms with Gasteiger partial charge in [-0.15, -0.1) is 0 Å². The van der Waals surface area contributed by atoms with E-state index in [1.54, 1.807) is 18.2 Å². The van der Waals surface area contributed by atoms with Gasteiger partial charge in [0.2, 0.25) is 10.0 Å². The number of hydrogen-bond donors (Lipinski definition) is 0. The van der Waals surface area contributed by atoms with Crippen molar-refractivity contribution in [3.05, 3.63) is 46.4 Å². The van der Waals surface area contributed by atoms with Gasteiger partial charge < -0.3 is 9.47 Å². The van der Waals surface area contributed by atoms with Gasteiger partial charge >= 0.3 is 0 Å². The van der Waals surface area contributed by atoms with Gasteiger partial charge in [-0.05, 0) is 40.2 Å². The van der Waals surface area contributed by atoms with Crippen LogP contribution in [-0.4, -0.2) is 48.7 Å². The minimum Gasteiger partial charge on any atom is -0.497 e. The quantitative estimate of drug-likeness (QED) is 0.608. The van der Waals surface area contributed by atoms with E-state index in [0.717, 1.165) is 16.6 Å². The molecular weight excluding hydrogens is 458 g/mol. The maximum absolute atomic E-state index is 13.0. The van der Waals surface area contributed by atoms with Crippen molar-refractivity contribution in [2.24, 2.45) is 0 Å². The minimum absolute atomic E-state index is 0.0328. The van der Waals surface area contributed by atoms with Crippen LogP contribution >= 0.6 is 15.9 Å². The molecule has 0 atom stereocenters. The van der Waals surface area contributed by atoms with Crippen LogP contribution in [0.15, 0.2) is 50.7 Å². The summed E-state index contributed by atoms with van der Waals surface area (Å²) in [4.78, 5) is -0.194. The van der Waals surface area contributed by atoms with Crippen LogP contribution in [0.4, 0.5) is 0 Å². The lowest BCUT2D eigenvalue weighted by Gasteiger charge is -2.20. The molecule has 0 aromatic heterocycles. The fourth-order valence-electron chi connectivity index (χ4n) is 2.39. The van der Waals surface area contributed by atoms with Gasteiger partial charge in [-0.25, -0.2) is 16.8 Å². The normalized spacial score (nSPS) is 12.2. The first-order valence-corrected chi connectivity index (χ1v) is 11.8. The number of benzene rings is 2. The topological polar surface area (TPSA) is 90.0 Å².